The van der Waals surface area contributed by atoms with Crippen molar-refractivity contribution in [1.29, 1.82) is 0 Å². The van der Waals surface area contributed by atoms with E-state index in [-0.39, 0.29) is 0 Å². The van der Waals surface area contributed by atoms with Crippen molar-refractivity contribution in [1.82, 2.24) is 4.57 Å². The molecule has 1 rings (SSSR count). The molecule has 0 fully saturated rings. The van der Waals surface area contributed by atoms with Crippen LogP contribution in [0.25, 0.3) is 0 Å². The van der Waals surface area contributed by atoms with Gasteiger partial charge in [-0.05, 0) is 45.7 Å². The highest BCUT2D eigenvalue weighted by atomic mass is 15.0. The first-order valence-electron chi connectivity index (χ1n) is 5.22. The summed E-state index contributed by atoms with van der Waals surface area (Å²) in [5.41, 5.74) is 5.73. The Bertz CT molecular complexity index is 244. The van der Waals surface area contributed by atoms with Crippen molar-refractivity contribution in [2.45, 2.75) is 55.0 Å². The fraction of sp³-hybridized carbons (Fsp3) is 0.667. The summed E-state index contributed by atoms with van der Waals surface area (Å²) in [7, 11) is 0. The zero-order valence-electron chi connectivity index (χ0n) is 10.2. The zero-order chi connectivity index (χ0) is 10.6. The molecule has 0 radical (unpaired) electrons. The van der Waals surface area contributed by atoms with Crippen molar-refractivity contribution < 1.29 is 0 Å². The van der Waals surface area contributed by atoms with Gasteiger partial charge in [-0.25, -0.2) is 0 Å². The maximum Gasteiger partial charge on any atom is 0.0196 e. The van der Waals surface area contributed by atoms with Gasteiger partial charge in [0, 0.05) is 17.9 Å². The quantitative estimate of drug-likeness (QED) is 0.621. The van der Waals surface area contributed by atoms with Crippen molar-refractivity contribution in [3.05, 3.63) is 22.5 Å². The minimum atomic E-state index is 1.09. The van der Waals surface area contributed by atoms with Crippen molar-refractivity contribution in [2.24, 2.45) is 0 Å². The summed E-state index contributed by atoms with van der Waals surface area (Å²) in [4.78, 5) is 0. The molecule has 0 aliphatic heterocycles. The van der Waals surface area contributed by atoms with Crippen LogP contribution in [-0.2, 0) is 6.54 Å². The normalized spacial score (nSPS) is 9.46. The average Bonchev–Trinajstić information content (AvgIpc) is 2.35. The van der Waals surface area contributed by atoms with E-state index in [2.05, 4.69) is 39.2 Å². The first-order valence-corrected chi connectivity index (χ1v) is 5.22. The summed E-state index contributed by atoms with van der Waals surface area (Å²) < 4.78 is 2.37. The Balaban J connectivity index is 0.000000671. The highest BCUT2D eigenvalue weighted by Crippen LogP contribution is 2.19. The Morgan fingerprint density at radius 1 is 0.846 bits per heavy atom. The van der Waals surface area contributed by atoms with Crippen LogP contribution in [0.5, 0.6) is 0 Å². The molecule has 0 spiro atoms. The molecule has 0 saturated heterocycles. The molecule has 0 aromatic carbocycles. The third kappa shape index (κ3) is 2.15. The molecule has 0 unspecified atom stereocenters. The topological polar surface area (TPSA) is 4.93 Å². The first-order chi connectivity index (χ1) is 6.09. The van der Waals surface area contributed by atoms with Gasteiger partial charge in [0.25, 0.3) is 0 Å². The lowest BCUT2D eigenvalue weighted by Crippen LogP contribution is -1.98. The van der Waals surface area contributed by atoms with Crippen LogP contribution in [0.15, 0.2) is 0 Å². The molecule has 1 aromatic heterocycles. The predicted molar refractivity (Wildman–Crippen MR) is 60.4 cm³/mol. The van der Waals surface area contributed by atoms with Crippen molar-refractivity contribution in [3.8, 4) is 0 Å². The molecular formula is C12H23N. The van der Waals surface area contributed by atoms with E-state index >= 15 is 0 Å². The highest BCUT2D eigenvalue weighted by Gasteiger charge is 2.08. The monoisotopic (exact) mass is 181 g/mol. The largest absolute Gasteiger partial charge is 0.349 e. The average molecular weight is 181 g/mol. The van der Waals surface area contributed by atoms with Crippen LogP contribution in [-0.4, -0.2) is 4.57 Å². The Hall–Kier alpha value is -0.720. The lowest BCUT2D eigenvalue weighted by atomic mass is 10.2. The number of rotatable bonds is 1. The fourth-order valence-electron chi connectivity index (χ4n) is 1.67. The SMILES string of the molecule is CC.CCn1c(C)c(C)c(C)c1C. The second kappa shape index (κ2) is 5.11. The molecule has 0 bridgehead atoms. The third-order valence-corrected chi connectivity index (χ3v) is 2.77. The summed E-state index contributed by atoms with van der Waals surface area (Å²) in [5, 5.41) is 0. The number of hydrogen-bond acceptors (Lipinski definition) is 0. The summed E-state index contributed by atoms with van der Waals surface area (Å²) in [5.74, 6) is 0. The van der Waals surface area contributed by atoms with Gasteiger partial charge in [0.1, 0.15) is 0 Å². The molecule has 0 aliphatic carbocycles. The van der Waals surface area contributed by atoms with E-state index in [4.69, 9.17) is 0 Å². The summed E-state index contributed by atoms with van der Waals surface area (Å²) in [6.07, 6.45) is 0. The number of nitrogens with zero attached hydrogens (tertiary/aromatic N) is 1. The Kier molecular flexibility index (Phi) is 4.82. The molecular weight excluding hydrogens is 158 g/mol. The molecule has 13 heavy (non-hydrogen) atoms. The van der Waals surface area contributed by atoms with Crippen LogP contribution >= 0.6 is 0 Å². The van der Waals surface area contributed by atoms with Gasteiger partial charge in [0.15, 0.2) is 0 Å². The van der Waals surface area contributed by atoms with E-state index in [1.54, 1.807) is 0 Å². The standard InChI is InChI=1S/C10H17N.C2H6/c1-6-11-9(4)7(2)8(3)10(11)5;1-2/h6H2,1-5H3;1-2H3. The molecule has 0 aliphatic rings. The van der Waals surface area contributed by atoms with Crippen LogP contribution in [0.1, 0.15) is 43.3 Å². The minimum absolute atomic E-state index is 1.09. The van der Waals surface area contributed by atoms with Crippen LogP contribution in [0.2, 0.25) is 0 Å². The maximum atomic E-state index is 2.37. The molecule has 1 nitrogen and oxygen atoms in total. The number of aromatic nitrogens is 1. The van der Waals surface area contributed by atoms with E-state index in [9.17, 15) is 0 Å². The Labute approximate surface area is 82.8 Å². The molecule has 1 heterocycles. The Morgan fingerprint density at radius 2 is 1.15 bits per heavy atom. The van der Waals surface area contributed by atoms with Crippen LogP contribution in [0, 0.1) is 27.7 Å². The second-order valence-corrected chi connectivity index (χ2v) is 3.17. The van der Waals surface area contributed by atoms with Crippen molar-refractivity contribution >= 4 is 0 Å². The molecule has 0 saturated carbocycles. The zero-order valence-corrected chi connectivity index (χ0v) is 10.2. The summed E-state index contributed by atoms with van der Waals surface area (Å²) in [6.45, 7) is 16.1. The van der Waals surface area contributed by atoms with Crippen LogP contribution in [0.3, 0.4) is 0 Å². The first kappa shape index (κ1) is 12.3. The van der Waals surface area contributed by atoms with Crippen LogP contribution < -0.4 is 0 Å². The lowest BCUT2D eigenvalue weighted by molar-refractivity contribution is 0.715. The smallest absolute Gasteiger partial charge is 0.0196 e. The molecule has 1 heteroatoms. The molecule has 1 aromatic rings. The Morgan fingerprint density at radius 3 is 1.31 bits per heavy atom. The van der Waals surface area contributed by atoms with Gasteiger partial charge in [0.05, 0.1) is 0 Å². The van der Waals surface area contributed by atoms with Gasteiger partial charge in [-0.2, -0.15) is 0 Å². The van der Waals surface area contributed by atoms with Crippen molar-refractivity contribution in [2.75, 3.05) is 0 Å². The highest BCUT2D eigenvalue weighted by molar-refractivity contribution is 5.35. The minimum Gasteiger partial charge on any atom is -0.349 e. The summed E-state index contributed by atoms with van der Waals surface area (Å²) in [6, 6.07) is 0. The van der Waals surface area contributed by atoms with E-state index in [1.165, 1.54) is 22.5 Å². The molecule has 0 atom stereocenters. The van der Waals surface area contributed by atoms with E-state index in [0.29, 0.717) is 0 Å². The second-order valence-electron chi connectivity index (χ2n) is 3.17. The van der Waals surface area contributed by atoms with Gasteiger partial charge in [-0.1, -0.05) is 13.8 Å². The van der Waals surface area contributed by atoms with E-state index in [0.717, 1.165) is 6.54 Å². The molecule has 0 amide bonds. The third-order valence-electron chi connectivity index (χ3n) is 2.77. The van der Waals surface area contributed by atoms with Gasteiger partial charge in [0.2, 0.25) is 0 Å². The predicted octanol–water partition coefficient (Wildman–Crippen LogP) is 3.77. The molecule has 76 valence electrons. The van der Waals surface area contributed by atoms with E-state index < -0.39 is 0 Å². The van der Waals surface area contributed by atoms with Crippen molar-refractivity contribution in [3.63, 3.8) is 0 Å². The van der Waals surface area contributed by atoms with Crippen LogP contribution in [0.4, 0.5) is 0 Å². The van der Waals surface area contributed by atoms with Gasteiger partial charge >= 0.3 is 0 Å². The van der Waals surface area contributed by atoms with Gasteiger partial charge in [-0.3, -0.25) is 0 Å². The lowest BCUT2D eigenvalue weighted by Gasteiger charge is -2.04. The van der Waals surface area contributed by atoms with E-state index in [1.807, 2.05) is 13.8 Å². The molecule has 0 N–H and O–H groups in total. The fourth-order valence-corrected chi connectivity index (χ4v) is 1.67. The number of hydrogen-bond donors (Lipinski definition) is 0. The maximum absolute atomic E-state index is 2.37. The van der Waals surface area contributed by atoms with Gasteiger partial charge in [-0.15, -0.1) is 0 Å². The summed E-state index contributed by atoms with van der Waals surface area (Å²) >= 11 is 0. The van der Waals surface area contributed by atoms with Gasteiger partial charge < -0.3 is 4.57 Å².